The van der Waals surface area contributed by atoms with E-state index < -0.39 is 0 Å². The molecule has 7 nitrogen and oxygen atoms in total. The minimum atomic E-state index is -0.349. The summed E-state index contributed by atoms with van der Waals surface area (Å²) >= 11 is 1.37. The number of carbonyl (C=O) groups is 1. The van der Waals surface area contributed by atoms with Gasteiger partial charge in [-0.1, -0.05) is 36.0 Å². The highest BCUT2D eigenvalue weighted by atomic mass is 32.2. The molecule has 0 radical (unpaired) electrons. The molecule has 1 atom stereocenters. The number of fused-ring (bicyclic) bond motifs is 1. The van der Waals surface area contributed by atoms with Gasteiger partial charge in [0.1, 0.15) is 0 Å². The molecular formula is C20H20N4O3S. The average molecular weight is 396 g/mol. The number of hydrogen-bond donors (Lipinski definition) is 1. The monoisotopic (exact) mass is 396 g/mol. The van der Waals surface area contributed by atoms with E-state index >= 15 is 0 Å². The summed E-state index contributed by atoms with van der Waals surface area (Å²) in [7, 11) is 1.91. The van der Waals surface area contributed by atoms with Crippen LogP contribution in [-0.2, 0) is 11.8 Å². The van der Waals surface area contributed by atoms with Crippen molar-refractivity contribution in [3.63, 3.8) is 0 Å². The predicted molar refractivity (Wildman–Crippen MR) is 108 cm³/mol. The van der Waals surface area contributed by atoms with Crippen molar-refractivity contribution in [2.24, 2.45) is 7.05 Å². The van der Waals surface area contributed by atoms with Crippen LogP contribution in [0.4, 0.5) is 5.69 Å². The first-order valence-electron chi connectivity index (χ1n) is 8.85. The molecule has 144 valence electrons. The van der Waals surface area contributed by atoms with Crippen molar-refractivity contribution in [3.05, 3.63) is 48.0 Å². The van der Waals surface area contributed by atoms with Gasteiger partial charge in [-0.3, -0.25) is 4.79 Å². The van der Waals surface area contributed by atoms with Gasteiger partial charge in [0, 0.05) is 24.4 Å². The third kappa shape index (κ3) is 3.55. The Kier molecular flexibility index (Phi) is 4.95. The number of carbonyl (C=O) groups excluding carboxylic acids is 1. The van der Waals surface area contributed by atoms with Crippen LogP contribution < -0.4 is 14.8 Å². The van der Waals surface area contributed by atoms with Crippen LogP contribution in [0.1, 0.15) is 12.5 Å². The second kappa shape index (κ2) is 7.55. The topological polar surface area (TPSA) is 78.3 Å². The van der Waals surface area contributed by atoms with Crippen molar-refractivity contribution < 1.29 is 14.3 Å². The Bertz CT molecular complexity index is 1030. The third-order valence-electron chi connectivity index (χ3n) is 4.51. The summed E-state index contributed by atoms with van der Waals surface area (Å²) in [6, 6.07) is 13.4. The Balaban J connectivity index is 1.46. The summed E-state index contributed by atoms with van der Waals surface area (Å²) in [4.78, 5) is 12.6. The fourth-order valence-electron chi connectivity index (χ4n) is 2.91. The van der Waals surface area contributed by atoms with E-state index in [2.05, 4.69) is 15.5 Å². The van der Waals surface area contributed by atoms with E-state index in [0.717, 1.165) is 17.0 Å². The van der Waals surface area contributed by atoms with Crippen molar-refractivity contribution in [2.75, 3.05) is 12.1 Å². The number of aromatic nitrogens is 3. The Hall–Kier alpha value is -3.00. The molecule has 1 aliphatic rings. The zero-order chi connectivity index (χ0) is 19.7. The summed E-state index contributed by atoms with van der Waals surface area (Å²) in [6.45, 7) is 4.09. The second-order valence-electron chi connectivity index (χ2n) is 6.50. The molecule has 0 unspecified atom stereocenters. The molecule has 8 heteroatoms. The van der Waals surface area contributed by atoms with Crippen LogP contribution in [0.15, 0.2) is 47.6 Å². The molecule has 4 rings (SSSR count). The fourth-order valence-corrected chi connectivity index (χ4v) is 3.72. The molecule has 0 saturated carbocycles. The quantitative estimate of drug-likeness (QED) is 0.664. The molecule has 1 aliphatic heterocycles. The maximum Gasteiger partial charge on any atom is 0.237 e. The van der Waals surface area contributed by atoms with Crippen molar-refractivity contribution >= 4 is 23.4 Å². The molecule has 28 heavy (non-hydrogen) atoms. The van der Waals surface area contributed by atoms with Crippen LogP contribution in [0.5, 0.6) is 11.5 Å². The van der Waals surface area contributed by atoms with E-state index in [0.29, 0.717) is 22.3 Å². The van der Waals surface area contributed by atoms with Crippen molar-refractivity contribution in [3.8, 4) is 22.9 Å². The first kappa shape index (κ1) is 18.4. The van der Waals surface area contributed by atoms with Gasteiger partial charge < -0.3 is 19.4 Å². The number of ether oxygens (including phenoxy) is 2. The molecule has 1 aromatic heterocycles. The Morgan fingerprint density at radius 2 is 1.96 bits per heavy atom. The molecule has 1 N–H and O–H groups in total. The highest BCUT2D eigenvalue weighted by Crippen LogP contribution is 2.34. The largest absolute Gasteiger partial charge is 0.454 e. The highest BCUT2D eigenvalue weighted by molar-refractivity contribution is 8.00. The van der Waals surface area contributed by atoms with Gasteiger partial charge in [-0.15, -0.1) is 10.2 Å². The van der Waals surface area contributed by atoms with Crippen molar-refractivity contribution in [1.82, 2.24) is 14.8 Å². The molecule has 3 aromatic rings. The minimum Gasteiger partial charge on any atom is -0.454 e. The summed E-state index contributed by atoms with van der Waals surface area (Å²) in [5.41, 5.74) is 2.82. The lowest BCUT2D eigenvalue weighted by Crippen LogP contribution is -2.22. The number of anilines is 1. The zero-order valence-electron chi connectivity index (χ0n) is 15.8. The van der Waals surface area contributed by atoms with Gasteiger partial charge in [0.05, 0.1) is 5.25 Å². The fraction of sp³-hybridized carbons (Fsp3) is 0.250. The number of aryl methyl sites for hydroxylation is 1. The second-order valence-corrected chi connectivity index (χ2v) is 7.81. The Morgan fingerprint density at radius 1 is 1.18 bits per heavy atom. The van der Waals surface area contributed by atoms with E-state index in [9.17, 15) is 4.79 Å². The zero-order valence-corrected chi connectivity index (χ0v) is 16.6. The number of thioether (sulfide) groups is 1. The lowest BCUT2D eigenvalue weighted by Gasteiger charge is -2.12. The Morgan fingerprint density at radius 3 is 2.79 bits per heavy atom. The van der Waals surface area contributed by atoms with Crippen molar-refractivity contribution in [1.29, 1.82) is 0 Å². The number of nitrogens with one attached hydrogen (secondary N) is 1. The molecule has 0 bridgehead atoms. The van der Waals surface area contributed by atoms with Crippen molar-refractivity contribution in [2.45, 2.75) is 24.3 Å². The minimum absolute atomic E-state index is 0.121. The SMILES string of the molecule is Cc1ccccc1-c1nnc(S[C@@H](C)C(=O)Nc2ccc3c(c2)OCO3)n1C. The van der Waals surface area contributed by atoms with Crippen LogP contribution >= 0.6 is 11.8 Å². The number of benzene rings is 2. The standard InChI is InChI=1S/C20H20N4O3S/c1-12-6-4-5-7-15(12)18-22-23-20(24(18)3)28-13(2)19(25)21-14-8-9-16-17(10-14)27-11-26-16/h4-10,13H,11H2,1-3H3,(H,21,25)/t13-/m0/s1. The van der Waals surface area contributed by atoms with Crippen LogP contribution in [0.25, 0.3) is 11.4 Å². The third-order valence-corrected chi connectivity index (χ3v) is 5.65. The maximum atomic E-state index is 12.6. The normalized spacial score (nSPS) is 13.4. The molecule has 0 spiro atoms. The van der Waals surface area contributed by atoms with Crippen LogP contribution in [0.2, 0.25) is 0 Å². The molecule has 2 heterocycles. The van der Waals surface area contributed by atoms with E-state index in [1.165, 1.54) is 11.8 Å². The number of amides is 1. The summed E-state index contributed by atoms with van der Waals surface area (Å²) in [6.07, 6.45) is 0. The van der Waals surface area contributed by atoms with Gasteiger partial charge in [-0.2, -0.15) is 0 Å². The predicted octanol–water partition coefficient (Wildman–Crippen LogP) is 3.64. The summed E-state index contributed by atoms with van der Waals surface area (Å²) < 4.78 is 12.5. The lowest BCUT2D eigenvalue weighted by molar-refractivity contribution is -0.115. The number of rotatable bonds is 5. The average Bonchev–Trinajstić information content (AvgIpc) is 3.29. The Labute approximate surface area is 167 Å². The number of hydrogen-bond acceptors (Lipinski definition) is 6. The first-order valence-corrected chi connectivity index (χ1v) is 9.73. The van der Waals surface area contributed by atoms with Crippen LogP contribution in [0, 0.1) is 6.92 Å². The van der Waals surface area contributed by atoms with E-state index in [1.807, 2.05) is 49.7 Å². The molecule has 0 saturated heterocycles. The van der Waals surface area contributed by atoms with Crippen LogP contribution in [0.3, 0.4) is 0 Å². The molecule has 0 aliphatic carbocycles. The van der Waals surface area contributed by atoms with Gasteiger partial charge >= 0.3 is 0 Å². The number of nitrogens with zero attached hydrogens (tertiary/aromatic N) is 3. The van der Waals surface area contributed by atoms with Gasteiger partial charge in [0.25, 0.3) is 0 Å². The molecule has 0 fully saturated rings. The molecule has 2 aromatic carbocycles. The lowest BCUT2D eigenvalue weighted by atomic mass is 10.1. The molecule has 1 amide bonds. The maximum absolute atomic E-state index is 12.6. The van der Waals surface area contributed by atoms with E-state index in [-0.39, 0.29) is 18.0 Å². The summed E-state index contributed by atoms with van der Waals surface area (Å²) in [5, 5.41) is 11.8. The highest BCUT2D eigenvalue weighted by Gasteiger charge is 2.21. The van der Waals surface area contributed by atoms with Gasteiger partial charge in [-0.25, -0.2) is 0 Å². The summed E-state index contributed by atoms with van der Waals surface area (Å²) in [5.74, 6) is 1.98. The first-order chi connectivity index (χ1) is 13.5. The van der Waals surface area contributed by atoms with Crippen LogP contribution in [-0.4, -0.2) is 32.7 Å². The van der Waals surface area contributed by atoms with E-state index in [1.54, 1.807) is 18.2 Å². The smallest absolute Gasteiger partial charge is 0.237 e. The van der Waals surface area contributed by atoms with Gasteiger partial charge in [-0.05, 0) is 31.5 Å². The van der Waals surface area contributed by atoms with E-state index in [4.69, 9.17) is 9.47 Å². The van der Waals surface area contributed by atoms with Gasteiger partial charge in [0.15, 0.2) is 22.5 Å². The van der Waals surface area contributed by atoms with Gasteiger partial charge in [0.2, 0.25) is 12.7 Å². The molecular weight excluding hydrogens is 376 g/mol.